The lowest BCUT2D eigenvalue weighted by molar-refractivity contribution is 0.0489. The minimum absolute atomic E-state index is 0.0660. The Labute approximate surface area is 166 Å². The number of hydrogen-bond acceptors (Lipinski definition) is 5. The molecule has 6 nitrogen and oxygen atoms in total. The van der Waals surface area contributed by atoms with Gasteiger partial charge >= 0.3 is 10.8 Å². The van der Waals surface area contributed by atoms with Gasteiger partial charge in [-0.3, -0.25) is 9.36 Å². The lowest BCUT2D eigenvalue weighted by atomic mass is 10.1. The van der Waals surface area contributed by atoms with Crippen LogP contribution in [0.5, 0.6) is 0 Å². The zero-order valence-electron chi connectivity index (χ0n) is 15.4. The molecule has 0 aliphatic rings. The van der Waals surface area contributed by atoms with Crippen LogP contribution in [0.4, 0.5) is 0 Å². The molecule has 0 amide bonds. The predicted molar refractivity (Wildman–Crippen MR) is 106 cm³/mol. The van der Waals surface area contributed by atoms with E-state index in [2.05, 4.69) is 5.10 Å². The van der Waals surface area contributed by atoms with E-state index in [-0.39, 0.29) is 22.2 Å². The molecular weight excluding hydrogens is 386 g/mol. The largest absolute Gasteiger partial charge is 0.460 e. The van der Waals surface area contributed by atoms with Crippen LogP contribution in [0.2, 0.25) is 5.15 Å². The lowest BCUT2D eigenvalue weighted by Crippen LogP contribution is -2.19. The van der Waals surface area contributed by atoms with Gasteiger partial charge < -0.3 is 4.74 Å². The molecule has 0 saturated heterocycles. The molecule has 0 fully saturated rings. The normalized spacial score (nSPS) is 11.0. The highest BCUT2D eigenvalue weighted by molar-refractivity contribution is 7.07. The van der Waals surface area contributed by atoms with E-state index in [1.54, 1.807) is 21.6 Å². The number of carbonyl (C=O) groups excluding carboxylic acids is 1. The van der Waals surface area contributed by atoms with Crippen molar-refractivity contribution < 1.29 is 9.53 Å². The van der Waals surface area contributed by atoms with Crippen LogP contribution in [-0.4, -0.2) is 26.9 Å². The summed E-state index contributed by atoms with van der Waals surface area (Å²) < 4.78 is 8.49. The van der Waals surface area contributed by atoms with E-state index in [0.717, 1.165) is 22.6 Å². The summed E-state index contributed by atoms with van der Waals surface area (Å²) in [5, 5.41) is 6.40. The van der Waals surface area contributed by atoms with E-state index in [1.165, 1.54) is 5.56 Å². The molecule has 0 N–H and O–H groups in total. The Morgan fingerprint density at radius 3 is 2.56 bits per heavy atom. The number of ether oxygens (including phenoxy) is 1. The summed E-state index contributed by atoms with van der Waals surface area (Å²) in [6.45, 7) is 6.46. The van der Waals surface area contributed by atoms with Crippen LogP contribution in [0.25, 0.3) is 0 Å². The quantitative estimate of drug-likeness (QED) is 0.588. The van der Waals surface area contributed by atoms with E-state index in [0.29, 0.717) is 18.8 Å². The second kappa shape index (κ2) is 8.10. The topological polar surface area (TPSA) is 66.1 Å². The molecule has 2 aromatic heterocycles. The summed E-state index contributed by atoms with van der Waals surface area (Å²) in [4.78, 5) is 24.1. The molecule has 0 aliphatic carbocycles. The maximum atomic E-state index is 12.5. The molecule has 0 bridgehead atoms. The first-order valence-corrected chi connectivity index (χ1v) is 9.73. The van der Waals surface area contributed by atoms with Gasteiger partial charge in [0.05, 0.1) is 18.8 Å². The SMILES string of the molecule is Cc1ccc(Cn2nc(C)c(C(=O)OCCn3c(C)csc3=O)c2Cl)cc1. The van der Waals surface area contributed by atoms with Gasteiger partial charge in [0.2, 0.25) is 0 Å². The summed E-state index contributed by atoms with van der Waals surface area (Å²) in [6.07, 6.45) is 0. The Balaban J connectivity index is 1.69. The highest BCUT2D eigenvalue weighted by Crippen LogP contribution is 2.22. The number of esters is 1. The van der Waals surface area contributed by atoms with E-state index in [1.807, 2.05) is 38.1 Å². The molecule has 27 heavy (non-hydrogen) atoms. The van der Waals surface area contributed by atoms with Crippen molar-refractivity contribution in [3.63, 3.8) is 0 Å². The van der Waals surface area contributed by atoms with Crippen molar-refractivity contribution in [3.05, 3.63) is 72.5 Å². The van der Waals surface area contributed by atoms with Gasteiger partial charge in [-0.15, -0.1) is 0 Å². The molecule has 2 heterocycles. The average molecular weight is 406 g/mol. The molecule has 0 atom stereocenters. The Kier molecular flexibility index (Phi) is 5.82. The van der Waals surface area contributed by atoms with E-state index in [4.69, 9.17) is 16.3 Å². The van der Waals surface area contributed by atoms with E-state index in [9.17, 15) is 9.59 Å². The molecule has 8 heteroatoms. The first-order chi connectivity index (χ1) is 12.9. The number of thiazole rings is 1. The first-order valence-electron chi connectivity index (χ1n) is 8.47. The highest BCUT2D eigenvalue weighted by Gasteiger charge is 2.22. The fourth-order valence-electron chi connectivity index (χ4n) is 2.73. The van der Waals surface area contributed by atoms with Crippen molar-refractivity contribution in [1.82, 2.24) is 14.3 Å². The second-order valence-electron chi connectivity index (χ2n) is 6.33. The Bertz CT molecular complexity index is 1020. The second-order valence-corrected chi connectivity index (χ2v) is 7.50. The van der Waals surface area contributed by atoms with Crippen molar-refractivity contribution in [1.29, 1.82) is 0 Å². The van der Waals surface area contributed by atoms with Gasteiger partial charge in [0.15, 0.2) is 0 Å². The molecule has 0 aliphatic heterocycles. The summed E-state index contributed by atoms with van der Waals surface area (Å²) in [5.74, 6) is -0.534. The number of halogens is 1. The lowest BCUT2D eigenvalue weighted by Gasteiger charge is -2.07. The third-order valence-corrected chi connectivity index (χ3v) is 5.51. The maximum absolute atomic E-state index is 12.5. The fourth-order valence-corrected chi connectivity index (χ4v) is 3.81. The van der Waals surface area contributed by atoms with Gasteiger partial charge in [0.25, 0.3) is 0 Å². The number of hydrogen-bond donors (Lipinski definition) is 0. The van der Waals surface area contributed by atoms with Gasteiger partial charge in [-0.1, -0.05) is 52.8 Å². The highest BCUT2D eigenvalue weighted by atomic mass is 35.5. The van der Waals surface area contributed by atoms with E-state index >= 15 is 0 Å². The Morgan fingerprint density at radius 2 is 1.93 bits per heavy atom. The molecule has 3 rings (SSSR count). The number of nitrogens with zero attached hydrogens (tertiary/aromatic N) is 3. The average Bonchev–Trinajstić information content (AvgIpc) is 3.09. The number of benzene rings is 1. The molecule has 0 saturated carbocycles. The van der Waals surface area contributed by atoms with Gasteiger partial charge in [-0.25, -0.2) is 9.48 Å². The summed E-state index contributed by atoms with van der Waals surface area (Å²) >= 11 is 7.51. The monoisotopic (exact) mass is 405 g/mol. The van der Waals surface area contributed by atoms with Crippen LogP contribution in [0, 0.1) is 20.8 Å². The summed E-state index contributed by atoms with van der Waals surface area (Å²) in [5.41, 5.74) is 3.84. The Hall–Kier alpha value is -2.38. The maximum Gasteiger partial charge on any atom is 0.343 e. The minimum atomic E-state index is -0.534. The summed E-state index contributed by atoms with van der Waals surface area (Å²) in [6, 6.07) is 8.04. The molecule has 0 spiro atoms. The van der Waals surface area contributed by atoms with Crippen molar-refractivity contribution in [2.24, 2.45) is 0 Å². The van der Waals surface area contributed by atoms with Crippen LogP contribution in [0.15, 0.2) is 34.4 Å². The van der Waals surface area contributed by atoms with Crippen LogP contribution < -0.4 is 4.87 Å². The number of aromatic nitrogens is 3. The van der Waals surface area contributed by atoms with Gasteiger partial charge in [0.1, 0.15) is 17.3 Å². The zero-order valence-corrected chi connectivity index (χ0v) is 16.9. The third kappa shape index (κ3) is 4.31. The van der Waals surface area contributed by atoms with Crippen molar-refractivity contribution in [3.8, 4) is 0 Å². The molecular formula is C19H20ClN3O3S. The zero-order chi connectivity index (χ0) is 19.6. The molecule has 1 aromatic carbocycles. The van der Waals surface area contributed by atoms with E-state index < -0.39 is 5.97 Å². The van der Waals surface area contributed by atoms with Crippen LogP contribution in [0.1, 0.15) is 32.9 Å². The number of aryl methyl sites for hydroxylation is 3. The van der Waals surface area contributed by atoms with Crippen molar-refractivity contribution >= 4 is 28.9 Å². The Morgan fingerprint density at radius 1 is 1.22 bits per heavy atom. The molecule has 3 aromatic rings. The number of rotatable bonds is 6. The number of carbonyl (C=O) groups is 1. The predicted octanol–water partition coefficient (Wildman–Crippen LogP) is 3.59. The van der Waals surface area contributed by atoms with Crippen LogP contribution in [0.3, 0.4) is 0 Å². The van der Waals surface area contributed by atoms with Crippen molar-refractivity contribution in [2.45, 2.75) is 33.9 Å². The summed E-state index contributed by atoms with van der Waals surface area (Å²) in [7, 11) is 0. The van der Waals surface area contributed by atoms with Crippen LogP contribution in [-0.2, 0) is 17.8 Å². The van der Waals surface area contributed by atoms with Gasteiger partial charge in [-0.05, 0) is 26.3 Å². The fraction of sp³-hybridized carbons (Fsp3) is 0.316. The minimum Gasteiger partial charge on any atom is -0.460 e. The van der Waals surface area contributed by atoms with Gasteiger partial charge in [0, 0.05) is 11.1 Å². The first kappa shape index (κ1) is 19.4. The third-order valence-electron chi connectivity index (χ3n) is 4.25. The smallest absolute Gasteiger partial charge is 0.343 e. The van der Waals surface area contributed by atoms with Gasteiger partial charge in [-0.2, -0.15) is 5.10 Å². The molecule has 0 radical (unpaired) electrons. The van der Waals surface area contributed by atoms with Crippen molar-refractivity contribution in [2.75, 3.05) is 6.61 Å². The molecule has 142 valence electrons. The standard InChI is InChI=1S/C19H20ClN3O3S/c1-12-4-6-15(7-5-12)10-23-17(20)16(14(3)21-23)18(24)26-9-8-22-13(2)11-27-19(22)25/h4-7,11H,8-10H2,1-3H3. The van der Waals surface area contributed by atoms with Crippen LogP contribution >= 0.6 is 22.9 Å². The molecule has 0 unspecified atom stereocenters.